The first-order chi connectivity index (χ1) is 13.6. The minimum Gasteiger partial charge on any atom is -0.497 e. The molecular formula is C21H21N3O3S. The number of aromatic nitrogens is 2. The molecule has 1 aliphatic heterocycles. The van der Waals surface area contributed by atoms with Gasteiger partial charge < -0.3 is 14.1 Å². The molecule has 0 fully saturated rings. The molecule has 6 nitrogen and oxygen atoms in total. The van der Waals surface area contributed by atoms with Crippen LogP contribution in [0.15, 0.2) is 58.2 Å². The first-order valence-electron chi connectivity index (χ1n) is 9.14. The van der Waals surface area contributed by atoms with Crippen LogP contribution in [0.25, 0.3) is 11.5 Å². The molecule has 144 valence electrons. The summed E-state index contributed by atoms with van der Waals surface area (Å²) in [5.74, 6) is 1.28. The third-order valence-electron chi connectivity index (χ3n) is 4.81. The van der Waals surface area contributed by atoms with Gasteiger partial charge in [0.1, 0.15) is 5.75 Å². The Morgan fingerprint density at radius 1 is 1.14 bits per heavy atom. The number of thioether (sulfide) groups is 1. The van der Waals surface area contributed by atoms with E-state index >= 15 is 0 Å². The summed E-state index contributed by atoms with van der Waals surface area (Å²) in [5, 5.41) is 8.27. The number of rotatable bonds is 5. The van der Waals surface area contributed by atoms with E-state index < -0.39 is 0 Å². The van der Waals surface area contributed by atoms with Gasteiger partial charge in [-0.3, -0.25) is 4.79 Å². The summed E-state index contributed by atoms with van der Waals surface area (Å²) in [6, 6.07) is 15.7. The Bertz CT molecular complexity index is 971. The van der Waals surface area contributed by atoms with Crippen LogP contribution >= 0.6 is 11.8 Å². The molecule has 0 N–H and O–H groups in total. The second kappa shape index (κ2) is 8.06. The van der Waals surface area contributed by atoms with Gasteiger partial charge in [-0.25, -0.2) is 0 Å². The monoisotopic (exact) mass is 395 g/mol. The topological polar surface area (TPSA) is 68.5 Å². The molecule has 1 aromatic heterocycles. The second-order valence-electron chi connectivity index (χ2n) is 6.64. The molecule has 1 aliphatic rings. The van der Waals surface area contributed by atoms with Gasteiger partial charge in [-0.1, -0.05) is 36.0 Å². The number of methoxy groups -OCH3 is 1. The molecule has 4 rings (SSSR count). The van der Waals surface area contributed by atoms with Crippen LogP contribution in [-0.4, -0.2) is 39.9 Å². The molecule has 1 atom stereocenters. The minimum absolute atomic E-state index is 0.0868. The zero-order valence-electron chi connectivity index (χ0n) is 15.8. The standard InChI is InChI=1S/C21H21N3O3S/c1-14(20(25)24-12-11-15-5-3-4-6-17(15)13-24)28-21-23-22-19(27-21)16-7-9-18(26-2)10-8-16/h3-10,14H,11-13H2,1-2H3. The van der Waals surface area contributed by atoms with E-state index in [9.17, 15) is 4.79 Å². The predicted molar refractivity (Wildman–Crippen MR) is 107 cm³/mol. The minimum atomic E-state index is -0.297. The predicted octanol–water partition coefficient (Wildman–Crippen LogP) is 3.81. The summed E-state index contributed by atoms with van der Waals surface area (Å²) in [5.41, 5.74) is 3.36. The summed E-state index contributed by atoms with van der Waals surface area (Å²) in [4.78, 5) is 14.8. The number of carbonyl (C=O) groups is 1. The van der Waals surface area contributed by atoms with Gasteiger partial charge in [0, 0.05) is 18.7 Å². The van der Waals surface area contributed by atoms with Gasteiger partial charge in [-0.2, -0.15) is 0 Å². The summed E-state index contributed by atoms with van der Waals surface area (Å²) < 4.78 is 10.9. The number of nitrogens with zero attached hydrogens (tertiary/aromatic N) is 3. The Kier molecular flexibility index (Phi) is 5.34. The van der Waals surface area contributed by atoms with Gasteiger partial charge in [0.25, 0.3) is 5.22 Å². The molecular weight excluding hydrogens is 374 g/mol. The van der Waals surface area contributed by atoms with Crippen molar-refractivity contribution in [1.82, 2.24) is 15.1 Å². The first-order valence-corrected chi connectivity index (χ1v) is 10.0. The van der Waals surface area contributed by atoms with E-state index in [1.54, 1.807) is 7.11 Å². The lowest BCUT2D eigenvalue weighted by molar-refractivity contribution is -0.131. The molecule has 0 aliphatic carbocycles. The number of carbonyl (C=O) groups excluding carboxylic acids is 1. The van der Waals surface area contributed by atoms with Crippen LogP contribution in [0, 0.1) is 0 Å². The smallest absolute Gasteiger partial charge is 0.277 e. The molecule has 28 heavy (non-hydrogen) atoms. The molecule has 0 spiro atoms. The molecule has 7 heteroatoms. The van der Waals surface area contributed by atoms with Crippen molar-refractivity contribution in [2.45, 2.75) is 30.4 Å². The lowest BCUT2D eigenvalue weighted by Gasteiger charge is -2.30. The van der Waals surface area contributed by atoms with Crippen molar-refractivity contribution in [1.29, 1.82) is 0 Å². The van der Waals surface area contributed by atoms with Crippen molar-refractivity contribution in [2.24, 2.45) is 0 Å². The van der Waals surface area contributed by atoms with Gasteiger partial charge >= 0.3 is 0 Å². The quantitative estimate of drug-likeness (QED) is 0.612. The van der Waals surface area contributed by atoms with Crippen molar-refractivity contribution in [3.63, 3.8) is 0 Å². The van der Waals surface area contributed by atoms with Crippen LogP contribution in [0.1, 0.15) is 18.1 Å². The average molecular weight is 395 g/mol. The SMILES string of the molecule is COc1ccc(-c2nnc(SC(C)C(=O)N3CCc4ccccc4C3)o2)cc1. The number of hydrogen-bond acceptors (Lipinski definition) is 6. The number of fused-ring (bicyclic) bond motifs is 1. The average Bonchev–Trinajstić information content (AvgIpc) is 3.21. The molecule has 0 saturated carbocycles. The van der Waals surface area contributed by atoms with Gasteiger partial charge in [0.05, 0.1) is 12.4 Å². The van der Waals surface area contributed by atoms with E-state index in [0.717, 1.165) is 24.3 Å². The maximum Gasteiger partial charge on any atom is 0.277 e. The largest absolute Gasteiger partial charge is 0.497 e. The zero-order chi connectivity index (χ0) is 19.5. The molecule has 1 amide bonds. The van der Waals surface area contributed by atoms with Crippen molar-refractivity contribution in [2.75, 3.05) is 13.7 Å². The molecule has 0 radical (unpaired) electrons. The van der Waals surface area contributed by atoms with E-state index in [-0.39, 0.29) is 11.2 Å². The summed E-state index contributed by atoms with van der Waals surface area (Å²) in [6.45, 7) is 3.27. The maximum atomic E-state index is 12.9. The Hall–Kier alpha value is -2.80. The van der Waals surface area contributed by atoms with Crippen LogP contribution in [0.4, 0.5) is 0 Å². The highest BCUT2D eigenvalue weighted by atomic mass is 32.2. The molecule has 0 saturated heterocycles. The van der Waals surface area contributed by atoms with E-state index in [1.165, 1.54) is 22.9 Å². The zero-order valence-corrected chi connectivity index (χ0v) is 16.6. The number of hydrogen-bond donors (Lipinski definition) is 0. The Morgan fingerprint density at radius 2 is 1.89 bits per heavy atom. The van der Waals surface area contributed by atoms with Crippen molar-refractivity contribution in [3.8, 4) is 17.2 Å². The highest BCUT2D eigenvalue weighted by molar-refractivity contribution is 8.00. The normalized spacial score (nSPS) is 14.4. The fourth-order valence-electron chi connectivity index (χ4n) is 3.25. The maximum absolute atomic E-state index is 12.9. The number of benzene rings is 2. The van der Waals surface area contributed by atoms with Gasteiger partial charge in [0.15, 0.2) is 0 Å². The molecule has 3 aromatic rings. The first kappa shape index (κ1) is 18.6. The fraction of sp³-hybridized carbons (Fsp3) is 0.286. The highest BCUT2D eigenvalue weighted by Gasteiger charge is 2.26. The summed E-state index contributed by atoms with van der Waals surface area (Å²) in [6.07, 6.45) is 0.890. The summed E-state index contributed by atoms with van der Waals surface area (Å²) >= 11 is 1.29. The van der Waals surface area contributed by atoms with Gasteiger partial charge in [0.2, 0.25) is 11.8 Å². The van der Waals surface area contributed by atoms with Crippen molar-refractivity contribution in [3.05, 3.63) is 59.7 Å². The third kappa shape index (κ3) is 3.89. The lowest BCUT2D eigenvalue weighted by Crippen LogP contribution is -2.40. The Morgan fingerprint density at radius 3 is 2.64 bits per heavy atom. The van der Waals surface area contributed by atoms with Crippen LogP contribution in [0.5, 0.6) is 5.75 Å². The van der Waals surface area contributed by atoms with Crippen LogP contribution in [0.3, 0.4) is 0 Å². The van der Waals surface area contributed by atoms with E-state index in [0.29, 0.717) is 17.7 Å². The van der Waals surface area contributed by atoms with E-state index in [1.807, 2.05) is 48.2 Å². The number of amides is 1. The van der Waals surface area contributed by atoms with Gasteiger partial charge in [-0.05, 0) is 48.7 Å². The number of ether oxygens (including phenoxy) is 1. The van der Waals surface area contributed by atoms with Crippen molar-refractivity contribution >= 4 is 17.7 Å². The highest BCUT2D eigenvalue weighted by Crippen LogP contribution is 2.29. The summed E-state index contributed by atoms with van der Waals surface area (Å²) in [7, 11) is 1.62. The Labute approximate surface area is 167 Å². The molecule has 0 bridgehead atoms. The molecule has 2 heterocycles. The second-order valence-corrected chi connectivity index (χ2v) is 7.93. The van der Waals surface area contributed by atoms with Gasteiger partial charge in [-0.15, -0.1) is 10.2 Å². The lowest BCUT2D eigenvalue weighted by atomic mass is 10.00. The fourth-order valence-corrected chi connectivity index (χ4v) is 4.02. The van der Waals surface area contributed by atoms with E-state index in [4.69, 9.17) is 9.15 Å². The Balaban J connectivity index is 1.40. The van der Waals surface area contributed by atoms with Crippen LogP contribution < -0.4 is 4.74 Å². The third-order valence-corrected chi connectivity index (χ3v) is 5.73. The molecule has 2 aromatic carbocycles. The molecule has 1 unspecified atom stereocenters. The van der Waals surface area contributed by atoms with E-state index in [2.05, 4.69) is 22.3 Å². The van der Waals surface area contributed by atoms with Crippen LogP contribution in [-0.2, 0) is 17.8 Å². The van der Waals surface area contributed by atoms with Crippen LogP contribution in [0.2, 0.25) is 0 Å². The van der Waals surface area contributed by atoms with Crippen molar-refractivity contribution < 1.29 is 13.9 Å².